The third-order valence-corrected chi connectivity index (χ3v) is 4.21. The zero-order valence-corrected chi connectivity index (χ0v) is 11.5. The fourth-order valence-electron chi connectivity index (χ4n) is 2.83. The average Bonchev–Trinajstić information content (AvgIpc) is 2.95. The Balaban J connectivity index is 1.70. The summed E-state index contributed by atoms with van der Waals surface area (Å²) in [5, 5.41) is 0.0503. The van der Waals surface area contributed by atoms with E-state index in [0.717, 1.165) is 31.6 Å². The van der Waals surface area contributed by atoms with Crippen molar-refractivity contribution < 1.29 is 9.47 Å². The third-order valence-electron chi connectivity index (χ3n) is 3.78. The van der Waals surface area contributed by atoms with E-state index >= 15 is 0 Å². The maximum atomic E-state index is 6.50. The standard InChI is InChI=1S/C15H19ClO2/c1-10-7-12-8-11(4-5-15(12)18-10)14(16)9-13-3-2-6-17-13/h4-5,8,10,13-14H,2-3,6-7,9H2,1H3. The highest BCUT2D eigenvalue weighted by Crippen LogP contribution is 2.35. The van der Waals surface area contributed by atoms with Gasteiger partial charge >= 0.3 is 0 Å². The summed E-state index contributed by atoms with van der Waals surface area (Å²) in [6.45, 7) is 2.99. The number of hydrogen-bond donors (Lipinski definition) is 0. The molecule has 1 fully saturated rings. The number of halogens is 1. The normalized spacial score (nSPS) is 27.9. The molecule has 18 heavy (non-hydrogen) atoms. The van der Waals surface area contributed by atoms with Gasteiger partial charge in [-0.15, -0.1) is 11.6 Å². The van der Waals surface area contributed by atoms with Gasteiger partial charge in [-0.1, -0.05) is 12.1 Å². The number of ether oxygens (including phenoxy) is 2. The van der Waals surface area contributed by atoms with E-state index < -0.39 is 0 Å². The van der Waals surface area contributed by atoms with E-state index in [-0.39, 0.29) is 5.38 Å². The smallest absolute Gasteiger partial charge is 0.123 e. The molecule has 1 aromatic rings. The van der Waals surface area contributed by atoms with E-state index in [2.05, 4.69) is 25.1 Å². The molecule has 2 aliphatic heterocycles. The van der Waals surface area contributed by atoms with Crippen LogP contribution in [0.4, 0.5) is 0 Å². The molecule has 1 saturated heterocycles. The van der Waals surface area contributed by atoms with Crippen molar-refractivity contribution in [3.05, 3.63) is 29.3 Å². The van der Waals surface area contributed by atoms with Gasteiger partial charge in [-0.3, -0.25) is 0 Å². The van der Waals surface area contributed by atoms with Crippen LogP contribution < -0.4 is 4.74 Å². The number of fused-ring (bicyclic) bond motifs is 1. The Morgan fingerprint density at radius 3 is 3.11 bits per heavy atom. The Labute approximate surface area is 113 Å². The first-order chi connectivity index (χ1) is 8.72. The second kappa shape index (κ2) is 5.10. The van der Waals surface area contributed by atoms with Crippen molar-refractivity contribution in [2.45, 2.75) is 50.2 Å². The van der Waals surface area contributed by atoms with Crippen LogP contribution in [0.2, 0.25) is 0 Å². The van der Waals surface area contributed by atoms with Gasteiger partial charge in [0.2, 0.25) is 0 Å². The van der Waals surface area contributed by atoms with Gasteiger partial charge in [-0.2, -0.15) is 0 Å². The monoisotopic (exact) mass is 266 g/mol. The molecule has 0 N–H and O–H groups in total. The Bertz CT molecular complexity index is 427. The fraction of sp³-hybridized carbons (Fsp3) is 0.600. The van der Waals surface area contributed by atoms with Crippen LogP contribution in [0, 0.1) is 0 Å². The van der Waals surface area contributed by atoms with Gasteiger partial charge in [-0.05, 0) is 43.4 Å². The third kappa shape index (κ3) is 2.50. The van der Waals surface area contributed by atoms with Crippen LogP contribution in [0.1, 0.15) is 42.7 Å². The highest BCUT2D eigenvalue weighted by atomic mass is 35.5. The van der Waals surface area contributed by atoms with Gasteiger partial charge in [0.05, 0.1) is 11.5 Å². The van der Waals surface area contributed by atoms with Crippen molar-refractivity contribution in [2.24, 2.45) is 0 Å². The van der Waals surface area contributed by atoms with E-state index in [4.69, 9.17) is 21.1 Å². The van der Waals surface area contributed by atoms with Crippen molar-refractivity contribution in [3.63, 3.8) is 0 Å². The maximum absolute atomic E-state index is 6.50. The molecule has 2 aliphatic rings. The van der Waals surface area contributed by atoms with Gasteiger partial charge in [0.1, 0.15) is 11.9 Å². The van der Waals surface area contributed by atoms with Crippen molar-refractivity contribution in [1.82, 2.24) is 0 Å². The minimum absolute atomic E-state index is 0.0503. The van der Waals surface area contributed by atoms with E-state index in [9.17, 15) is 0 Å². The summed E-state index contributed by atoms with van der Waals surface area (Å²) in [6, 6.07) is 6.34. The molecule has 0 radical (unpaired) electrons. The van der Waals surface area contributed by atoms with Crippen LogP contribution in [-0.2, 0) is 11.2 Å². The second-order valence-electron chi connectivity index (χ2n) is 5.34. The van der Waals surface area contributed by atoms with E-state index in [1.165, 1.54) is 17.5 Å². The molecule has 0 spiro atoms. The van der Waals surface area contributed by atoms with Gasteiger partial charge < -0.3 is 9.47 Å². The maximum Gasteiger partial charge on any atom is 0.123 e. The van der Waals surface area contributed by atoms with E-state index in [1.807, 2.05) is 0 Å². The first kappa shape index (κ1) is 12.3. The van der Waals surface area contributed by atoms with E-state index in [0.29, 0.717) is 12.2 Å². The lowest BCUT2D eigenvalue weighted by molar-refractivity contribution is 0.103. The number of hydrogen-bond acceptors (Lipinski definition) is 2. The minimum Gasteiger partial charge on any atom is -0.490 e. The van der Waals surface area contributed by atoms with Crippen LogP contribution in [-0.4, -0.2) is 18.8 Å². The molecule has 0 saturated carbocycles. The summed E-state index contributed by atoms with van der Waals surface area (Å²) in [4.78, 5) is 0. The summed E-state index contributed by atoms with van der Waals surface area (Å²) in [5.41, 5.74) is 2.49. The zero-order chi connectivity index (χ0) is 12.5. The van der Waals surface area contributed by atoms with Gasteiger partial charge in [0.15, 0.2) is 0 Å². The lowest BCUT2D eigenvalue weighted by Gasteiger charge is -2.15. The summed E-state index contributed by atoms with van der Waals surface area (Å²) < 4.78 is 11.4. The molecule has 0 aliphatic carbocycles. The molecule has 0 amide bonds. The second-order valence-corrected chi connectivity index (χ2v) is 5.86. The van der Waals surface area contributed by atoms with Crippen molar-refractivity contribution >= 4 is 11.6 Å². The van der Waals surface area contributed by atoms with Crippen molar-refractivity contribution in [2.75, 3.05) is 6.61 Å². The van der Waals surface area contributed by atoms with Crippen LogP contribution in [0.3, 0.4) is 0 Å². The molecule has 0 aromatic heterocycles. The molecule has 98 valence electrons. The Morgan fingerprint density at radius 1 is 1.44 bits per heavy atom. The molecular weight excluding hydrogens is 248 g/mol. The minimum atomic E-state index is 0.0503. The Morgan fingerprint density at radius 2 is 2.33 bits per heavy atom. The molecule has 2 heterocycles. The number of rotatable bonds is 3. The molecule has 3 rings (SSSR count). The van der Waals surface area contributed by atoms with Gasteiger partial charge in [0, 0.05) is 13.0 Å². The lowest BCUT2D eigenvalue weighted by Crippen LogP contribution is -2.08. The Hall–Kier alpha value is -0.730. The molecule has 0 bridgehead atoms. The number of benzene rings is 1. The van der Waals surface area contributed by atoms with Crippen LogP contribution in [0.5, 0.6) is 5.75 Å². The van der Waals surface area contributed by atoms with Crippen LogP contribution >= 0.6 is 11.6 Å². The fourth-order valence-corrected chi connectivity index (χ4v) is 3.17. The van der Waals surface area contributed by atoms with Crippen LogP contribution in [0.25, 0.3) is 0 Å². The highest BCUT2D eigenvalue weighted by molar-refractivity contribution is 6.20. The predicted molar refractivity (Wildman–Crippen MR) is 72.4 cm³/mol. The molecule has 3 heteroatoms. The highest BCUT2D eigenvalue weighted by Gasteiger charge is 2.23. The molecule has 2 nitrogen and oxygen atoms in total. The predicted octanol–water partition coefficient (Wildman–Crippen LogP) is 3.86. The van der Waals surface area contributed by atoms with Gasteiger partial charge in [-0.25, -0.2) is 0 Å². The van der Waals surface area contributed by atoms with Crippen molar-refractivity contribution in [3.8, 4) is 5.75 Å². The van der Waals surface area contributed by atoms with Gasteiger partial charge in [0.25, 0.3) is 0 Å². The summed E-state index contributed by atoms with van der Waals surface area (Å²) in [5.74, 6) is 1.02. The topological polar surface area (TPSA) is 18.5 Å². The quantitative estimate of drug-likeness (QED) is 0.774. The summed E-state index contributed by atoms with van der Waals surface area (Å²) in [6.07, 6.45) is 4.86. The first-order valence-electron chi connectivity index (χ1n) is 6.77. The van der Waals surface area contributed by atoms with Crippen LogP contribution in [0.15, 0.2) is 18.2 Å². The largest absolute Gasteiger partial charge is 0.490 e. The summed E-state index contributed by atoms with van der Waals surface area (Å²) in [7, 11) is 0. The first-order valence-corrected chi connectivity index (χ1v) is 7.21. The average molecular weight is 267 g/mol. The molecular formula is C15H19ClO2. The van der Waals surface area contributed by atoms with E-state index in [1.54, 1.807) is 0 Å². The lowest BCUT2D eigenvalue weighted by atomic mass is 10.0. The Kier molecular flexibility index (Phi) is 3.49. The molecule has 3 atom stereocenters. The molecule has 1 aromatic carbocycles. The molecule has 3 unspecified atom stereocenters. The SMILES string of the molecule is CC1Cc2cc(C(Cl)CC3CCCO3)ccc2O1. The number of alkyl halides is 1. The van der Waals surface area contributed by atoms with Crippen molar-refractivity contribution in [1.29, 1.82) is 0 Å². The summed E-state index contributed by atoms with van der Waals surface area (Å²) >= 11 is 6.50. The zero-order valence-electron chi connectivity index (χ0n) is 10.7.